The van der Waals surface area contributed by atoms with Crippen molar-refractivity contribution in [3.8, 4) is 11.1 Å². The number of hydrogen-bond donors (Lipinski definition) is 1. The molecule has 0 aliphatic carbocycles. The van der Waals surface area contributed by atoms with Gasteiger partial charge in [0.15, 0.2) is 0 Å². The van der Waals surface area contributed by atoms with E-state index in [0.29, 0.717) is 16.8 Å². The van der Waals surface area contributed by atoms with E-state index >= 15 is 0 Å². The fraction of sp³-hybridized carbons (Fsp3) is 0.0556. The van der Waals surface area contributed by atoms with Crippen LogP contribution in [0.2, 0.25) is 5.02 Å². The van der Waals surface area contributed by atoms with Crippen LogP contribution >= 0.6 is 11.6 Å². The van der Waals surface area contributed by atoms with Gasteiger partial charge in [0.25, 0.3) is 10.0 Å². The van der Waals surface area contributed by atoms with E-state index in [1.54, 1.807) is 13.0 Å². The highest BCUT2D eigenvalue weighted by Crippen LogP contribution is 2.31. The molecule has 0 atom stereocenters. The van der Waals surface area contributed by atoms with Crippen molar-refractivity contribution in [2.24, 2.45) is 0 Å². The molecule has 0 bridgehead atoms. The Balaban J connectivity index is 1.91. The summed E-state index contributed by atoms with van der Waals surface area (Å²) in [6.45, 7) is 1.69. The standard InChI is InChI=1S/C18H13ClF2N2O2S/c1-11-15(16-7-4-13(21)10-17(16)19)8-9-18(22-11)23-26(24,25)14-5-2-12(20)3-6-14/h2-10H,1H3,(H,22,23). The first kappa shape index (κ1) is 18.3. The third-order valence-corrected chi connectivity index (χ3v) is 5.35. The topological polar surface area (TPSA) is 59.1 Å². The number of sulfonamides is 1. The minimum Gasteiger partial charge on any atom is -0.263 e. The fourth-order valence-electron chi connectivity index (χ4n) is 2.42. The van der Waals surface area contributed by atoms with Crippen molar-refractivity contribution in [1.82, 2.24) is 4.98 Å². The third kappa shape index (κ3) is 3.84. The van der Waals surface area contributed by atoms with E-state index in [1.807, 2.05) is 0 Å². The number of nitrogens with zero attached hydrogens (tertiary/aromatic N) is 1. The molecule has 3 aromatic rings. The minimum absolute atomic E-state index is 0.0796. The van der Waals surface area contributed by atoms with Gasteiger partial charge >= 0.3 is 0 Å². The van der Waals surface area contributed by atoms with Crippen LogP contribution in [0.25, 0.3) is 11.1 Å². The highest BCUT2D eigenvalue weighted by molar-refractivity contribution is 7.92. The first-order valence-corrected chi connectivity index (χ1v) is 9.34. The molecule has 1 N–H and O–H groups in total. The fourth-order valence-corrected chi connectivity index (χ4v) is 3.69. The number of hydrogen-bond acceptors (Lipinski definition) is 3. The molecule has 26 heavy (non-hydrogen) atoms. The summed E-state index contributed by atoms with van der Waals surface area (Å²) in [7, 11) is -3.89. The van der Waals surface area contributed by atoms with Gasteiger partial charge in [-0.3, -0.25) is 4.72 Å². The minimum atomic E-state index is -3.89. The lowest BCUT2D eigenvalue weighted by atomic mass is 10.0. The van der Waals surface area contributed by atoms with E-state index in [1.165, 1.54) is 24.3 Å². The monoisotopic (exact) mass is 394 g/mol. The maximum atomic E-state index is 13.2. The quantitative estimate of drug-likeness (QED) is 0.692. The summed E-state index contributed by atoms with van der Waals surface area (Å²) < 4.78 is 53.2. The molecule has 1 aromatic heterocycles. The Kier molecular flexibility index (Phi) is 4.93. The Labute approximate surface area is 154 Å². The van der Waals surface area contributed by atoms with Crippen molar-refractivity contribution in [3.05, 3.63) is 76.9 Å². The van der Waals surface area contributed by atoms with Crippen LogP contribution in [0.1, 0.15) is 5.69 Å². The molecule has 0 saturated heterocycles. The van der Waals surface area contributed by atoms with Gasteiger partial charge in [0.05, 0.1) is 9.92 Å². The number of nitrogens with one attached hydrogen (secondary N) is 1. The number of aryl methyl sites for hydroxylation is 1. The van der Waals surface area contributed by atoms with Crippen LogP contribution in [-0.4, -0.2) is 13.4 Å². The molecule has 3 rings (SSSR count). The molecule has 0 radical (unpaired) electrons. The van der Waals surface area contributed by atoms with E-state index < -0.39 is 21.7 Å². The van der Waals surface area contributed by atoms with Crippen molar-refractivity contribution in [1.29, 1.82) is 0 Å². The largest absolute Gasteiger partial charge is 0.263 e. The summed E-state index contributed by atoms with van der Waals surface area (Å²) in [6, 6.07) is 11.6. The molecule has 0 unspecified atom stereocenters. The molecule has 2 aromatic carbocycles. The van der Waals surface area contributed by atoms with Gasteiger partial charge in [0.2, 0.25) is 0 Å². The first-order chi connectivity index (χ1) is 12.3. The van der Waals surface area contributed by atoms with Gasteiger partial charge in [0.1, 0.15) is 17.5 Å². The molecule has 134 valence electrons. The summed E-state index contributed by atoms with van der Waals surface area (Å²) in [5.74, 6) is -0.875. The van der Waals surface area contributed by atoms with Crippen molar-refractivity contribution < 1.29 is 17.2 Å². The average Bonchev–Trinajstić information content (AvgIpc) is 2.56. The van der Waals surface area contributed by atoms with Gasteiger partial charge in [-0.15, -0.1) is 0 Å². The van der Waals surface area contributed by atoms with Gasteiger partial charge in [-0.1, -0.05) is 11.6 Å². The smallest absolute Gasteiger partial charge is 0.263 e. The van der Waals surface area contributed by atoms with Gasteiger partial charge in [0, 0.05) is 16.8 Å². The molecule has 4 nitrogen and oxygen atoms in total. The molecule has 0 saturated carbocycles. The normalized spacial score (nSPS) is 11.4. The number of anilines is 1. The van der Waals surface area contributed by atoms with E-state index in [-0.39, 0.29) is 15.7 Å². The van der Waals surface area contributed by atoms with Crippen LogP contribution in [0.4, 0.5) is 14.6 Å². The van der Waals surface area contributed by atoms with Crippen LogP contribution in [0.15, 0.2) is 59.5 Å². The Bertz CT molecular complexity index is 1070. The SMILES string of the molecule is Cc1nc(NS(=O)(=O)c2ccc(F)cc2)ccc1-c1ccc(F)cc1Cl. The number of aromatic nitrogens is 1. The zero-order valence-corrected chi connectivity index (χ0v) is 15.1. The highest BCUT2D eigenvalue weighted by atomic mass is 35.5. The molecule has 0 spiro atoms. The van der Waals surface area contributed by atoms with E-state index in [4.69, 9.17) is 11.6 Å². The van der Waals surface area contributed by atoms with Crippen LogP contribution in [0.5, 0.6) is 0 Å². The lowest BCUT2D eigenvalue weighted by molar-refractivity contribution is 0.599. The zero-order valence-electron chi connectivity index (χ0n) is 13.5. The zero-order chi connectivity index (χ0) is 18.9. The second kappa shape index (κ2) is 7.01. The summed E-state index contributed by atoms with van der Waals surface area (Å²) in [6.07, 6.45) is 0. The lowest BCUT2D eigenvalue weighted by Gasteiger charge is -2.11. The Hall–Kier alpha value is -2.51. The Morgan fingerprint density at radius 3 is 2.15 bits per heavy atom. The molecular formula is C18H13ClF2N2O2S. The Morgan fingerprint density at radius 1 is 0.923 bits per heavy atom. The van der Waals surface area contributed by atoms with Crippen molar-refractivity contribution in [2.45, 2.75) is 11.8 Å². The molecular weight excluding hydrogens is 382 g/mol. The van der Waals surface area contributed by atoms with Crippen LogP contribution in [-0.2, 0) is 10.0 Å². The van der Waals surface area contributed by atoms with Gasteiger partial charge in [-0.05, 0) is 61.5 Å². The maximum Gasteiger partial charge on any atom is 0.263 e. The highest BCUT2D eigenvalue weighted by Gasteiger charge is 2.16. The summed E-state index contributed by atoms with van der Waals surface area (Å²) in [5, 5.41) is 0.231. The molecule has 0 fully saturated rings. The molecule has 0 aliphatic heterocycles. The second-order valence-electron chi connectivity index (χ2n) is 5.51. The van der Waals surface area contributed by atoms with Gasteiger partial charge in [-0.2, -0.15) is 0 Å². The van der Waals surface area contributed by atoms with Crippen LogP contribution < -0.4 is 4.72 Å². The average molecular weight is 395 g/mol. The number of rotatable bonds is 4. The first-order valence-electron chi connectivity index (χ1n) is 7.48. The predicted molar refractivity (Wildman–Crippen MR) is 96.6 cm³/mol. The summed E-state index contributed by atoms with van der Waals surface area (Å²) >= 11 is 6.07. The van der Waals surface area contributed by atoms with Gasteiger partial charge in [-0.25, -0.2) is 22.2 Å². The molecule has 0 aliphatic rings. The predicted octanol–water partition coefficient (Wildman–Crippen LogP) is 4.79. The number of pyridine rings is 1. The van der Waals surface area contributed by atoms with Crippen LogP contribution in [0, 0.1) is 18.6 Å². The lowest BCUT2D eigenvalue weighted by Crippen LogP contribution is -2.14. The van der Waals surface area contributed by atoms with Gasteiger partial charge < -0.3 is 0 Å². The Morgan fingerprint density at radius 2 is 1.54 bits per heavy atom. The van der Waals surface area contributed by atoms with E-state index in [2.05, 4.69) is 9.71 Å². The molecule has 1 heterocycles. The number of halogens is 3. The van der Waals surface area contributed by atoms with Crippen LogP contribution in [0.3, 0.4) is 0 Å². The van der Waals surface area contributed by atoms with Crippen molar-refractivity contribution in [3.63, 3.8) is 0 Å². The maximum absolute atomic E-state index is 13.2. The van der Waals surface area contributed by atoms with E-state index in [0.717, 1.165) is 24.3 Å². The molecule has 8 heteroatoms. The van der Waals surface area contributed by atoms with Crippen molar-refractivity contribution >= 4 is 27.4 Å². The van der Waals surface area contributed by atoms with Crippen molar-refractivity contribution in [2.75, 3.05) is 4.72 Å². The summed E-state index contributed by atoms with van der Waals surface area (Å²) in [5.41, 5.74) is 1.75. The third-order valence-electron chi connectivity index (χ3n) is 3.67. The summed E-state index contributed by atoms with van der Waals surface area (Å²) in [4.78, 5) is 4.14. The van der Waals surface area contributed by atoms with E-state index in [9.17, 15) is 17.2 Å². The number of benzene rings is 2. The molecule has 0 amide bonds. The second-order valence-corrected chi connectivity index (χ2v) is 7.60.